The molecule has 1 fully saturated rings. The molecule has 17 heavy (non-hydrogen) atoms. The Bertz CT molecular complexity index is 502. The quantitative estimate of drug-likeness (QED) is 0.881. The van der Waals surface area contributed by atoms with E-state index in [1.807, 2.05) is 19.1 Å². The first kappa shape index (κ1) is 12.6. The van der Waals surface area contributed by atoms with E-state index in [2.05, 4.69) is 0 Å². The maximum Gasteiger partial charge on any atom is 0.238 e. The molecule has 0 unspecified atom stereocenters. The second kappa shape index (κ2) is 4.78. The van der Waals surface area contributed by atoms with Gasteiger partial charge in [-0.15, -0.1) is 0 Å². The Morgan fingerprint density at radius 3 is 2.41 bits per heavy atom. The topological polar surface area (TPSA) is 60.2 Å². The van der Waals surface area contributed by atoms with E-state index in [4.69, 9.17) is 5.14 Å². The lowest BCUT2D eigenvalue weighted by atomic mass is 9.83. The predicted molar refractivity (Wildman–Crippen MR) is 68.4 cm³/mol. The van der Waals surface area contributed by atoms with Gasteiger partial charge in [0.2, 0.25) is 10.0 Å². The van der Waals surface area contributed by atoms with Crippen molar-refractivity contribution < 1.29 is 8.42 Å². The van der Waals surface area contributed by atoms with E-state index in [-0.39, 0.29) is 0 Å². The fourth-order valence-electron chi connectivity index (χ4n) is 2.66. The number of aryl methyl sites for hydroxylation is 1. The largest absolute Gasteiger partial charge is 0.238 e. The number of sulfonamides is 1. The summed E-state index contributed by atoms with van der Waals surface area (Å²) in [6.07, 6.45) is 5.77. The van der Waals surface area contributed by atoms with Crippen molar-refractivity contribution >= 4 is 10.0 Å². The molecule has 1 aliphatic carbocycles. The summed E-state index contributed by atoms with van der Waals surface area (Å²) < 4.78 is 23.2. The van der Waals surface area contributed by atoms with Crippen LogP contribution in [0.4, 0.5) is 0 Å². The zero-order valence-corrected chi connectivity index (χ0v) is 11.0. The zero-order valence-electron chi connectivity index (χ0n) is 10.1. The van der Waals surface area contributed by atoms with Crippen molar-refractivity contribution in [2.24, 2.45) is 5.14 Å². The van der Waals surface area contributed by atoms with Gasteiger partial charge in [0.25, 0.3) is 0 Å². The summed E-state index contributed by atoms with van der Waals surface area (Å²) in [4.78, 5) is 0.315. The Morgan fingerprint density at radius 2 is 1.82 bits per heavy atom. The molecule has 0 radical (unpaired) electrons. The Kier molecular flexibility index (Phi) is 3.54. The minimum absolute atomic E-state index is 0.315. The highest BCUT2D eigenvalue weighted by molar-refractivity contribution is 7.89. The lowest BCUT2D eigenvalue weighted by molar-refractivity contribution is 0.438. The smallest absolute Gasteiger partial charge is 0.225 e. The molecule has 0 aliphatic heterocycles. The first-order chi connectivity index (χ1) is 7.98. The van der Waals surface area contributed by atoms with Crippen LogP contribution in [-0.2, 0) is 10.0 Å². The number of primary sulfonamides is 1. The van der Waals surface area contributed by atoms with Crippen LogP contribution in [0.1, 0.15) is 49.1 Å². The Balaban J connectivity index is 2.46. The third kappa shape index (κ3) is 2.87. The molecular formula is C13H19NO2S. The van der Waals surface area contributed by atoms with Crippen molar-refractivity contribution in [2.45, 2.75) is 49.8 Å². The van der Waals surface area contributed by atoms with Crippen LogP contribution in [0.2, 0.25) is 0 Å². The number of hydrogen-bond donors (Lipinski definition) is 1. The third-order valence-electron chi connectivity index (χ3n) is 3.52. The lowest BCUT2D eigenvalue weighted by Gasteiger charge is -2.24. The summed E-state index contributed by atoms with van der Waals surface area (Å²) >= 11 is 0. The summed E-state index contributed by atoms with van der Waals surface area (Å²) in [5.74, 6) is 0.358. The molecule has 1 aliphatic rings. The second-order valence-corrected chi connectivity index (χ2v) is 6.45. The summed E-state index contributed by atoms with van der Waals surface area (Å²) in [5.41, 5.74) is 2.02. The van der Waals surface area contributed by atoms with E-state index in [0.29, 0.717) is 10.8 Å². The van der Waals surface area contributed by atoms with Crippen LogP contribution in [0.5, 0.6) is 0 Å². The molecule has 4 heteroatoms. The molecular weight excluding hydrogens is 234 g/mol. The third-order valence-corrected chi connectivity index (χ3v) is 4.50. The van der Waals surface area contributed by atoms with Crippen LogP contribution < -0.4 is 5.14 Å². The molecule has 2 N–H and O–H groups in total. The fourth-order valence-corrected chi connectivity index (χ4v) is 3.47. The summed E-state index contributed by atoms with van der Waals surface area (Å²) in [7, 11) is -3.60. The van der Waals surface area contributed by atoms with Gasteiger partial charge < -0.3 is 0 Å². The van der Waals surface area contributed by atoms with Gasteiger partial charge >= 0.3 is 0 Å². The SMILES string of the molecule is Cc1ccc(S(N)(=O)=O)c(C2CCCCC2)c1. The minimum atomic E-state index is -3.60. The van der Waals surface area contributed by atoms with E-state index in [9.17, 15) is 8.42 Å². The highest BCUT2D eigenvalue weighted by atomic mass is 32.2. The molecule has 1 saturated carbocycles. The van der Waals surface area contributed by atoms with Gasteiger partial charge in [-0.3, -0.25) is 0 Å². The van der Waals surface area contributed by atoms with E-state index < -0.39 is 10.0 Å². The van der Waals surface area contributed by atoms with E-state index in [0.717, 1.165) is 24.0 Å². The fraction of sp³-hybridized carbons (Fsp3) is 0.538. The second-order valence-electron chi connectivity index (χ2n) is 4.92. The number of hydrogen-bond acceptors (Lipinski definition) is 2. The van der Waals surface area contributed by atoms with Gasteiger partial charge in [0.1, 0.15) is 0 Å². The molecule has 0 heterocycles. The van der Waals surface area contributed by atoms with Gasteiger partial charge in [0.15, 0.2) is 0 Å². The van der Waals surface area contributed by atoms with E-state index >= 15 is 0 Å². The van der Waals surface area contributed by atoms with Crippen LogP contribution in [0.15, 0.2) is 23.1 Å². The van der Waals surface area contributed by atoms with E-state index in [1.165, 1.54) is 19.3 Å². The van der Waals surface area contributed by atoms with Crippen molar-refractivity contribution in [3.63, 3.8) is 0 Å². The summed E-state index contributed by atoms with van der Waals surface area (Å²) in [6, 6.07) is 5.44. The van der Waals surface area contributed by atoms with Crippen LogP contribution in [0.3, 0.4) is 0 Å². The average Bonchev–Trinajstić information content (AvgIpc) is 2.28. The molecule has 0 amide bonds. The van der Waals surface area contributed by atoms with Crippen LogP contribution in [0, 0.1) is 6.92 Å². The number of nitrogens with two attached hydrogens (primary N) is 1. The monoisotopic (exact) mass is 253 g/mol. The first-order valence-corrected chi connectivity index (χ1v) is 7.66. The molecule has 0 atom stereocenters. The van der Waals surface area contributed by atoms with Crippen molar-refractivity contribution in [3.8, 4) is 0 Å². The molecule has 2 rings (SSSR count). The molecule has 3 nitrogen and oxygen atoms in total. The van der Waals surface area contributed by atoms with Crippen molar-refractivity contribution in [2.75, 3.05) is 0 Å². The predicted octanol–water partition coefficient (Wildman–Crippen LogP) is 2.69. The lowest BCUT2D eigenvalue weighted by Crippen LogP contribution is -2.17. The van der Waals surface area contributed by atoms with Crippen molar-refractivity contribution in [3.05, 3.63) is 29.3 Å². The van der Waals surface area contributed by atoms with Gasteiger partial charge in [0, 0.05) is 0 Å². The van der Waals surface area contributed by atoms with Gasteiger partial charge in [0.05, 0.1) is 4.90 Å². The minimum Gasteiger partial charge on any atom is -0.225 e. The molecule has 1 aromatic carbocycles. The zero-order chi connectivity index (χ0) is 12.5. The Morgan fingerprint density at radius 1 is 1.18 bits per heavy atom. The van der Waals surface area contributed by atoms with Crippen LogP contribution in [-0.4, -0.2) is 8.42 Å². The maximum atomic E-state index is 11.6. The summed E-state index contributed by atoms with van der Waals surface area (Å²) in [5, 5.41) is 5.29. The van der Waals surface area contributed by atoms with Crippen LogP contribution >= 0.6 is 0 Å². The molecule has 1 aromatic rings. The van der Waals surface area contributed by atoms with Crippen molar-refractivity contribution in [1.82, 2.24) is 0 Å². The molecule has 94 valence electrons. The van der Waals surface area contributed by atoms with Gasteiger partial charge in [-0.2, -0.15) is 0 Å². The van der Waals surface area contributed by atoms with E-state index in [1.54, 1.807) is 6.07 Å². The van der Waals surface area contributed by atoms with Crippen LogP contribution in [0.25, 0.3) is 0 Å². The molecule has 0 bridgehead atoms. The Hall–Kier alpha value is -0.870. The summed E-state index contributed by atoms with van der Waals surface area (Å²) in [6.45, 7) is 1.99. The molecule has 0 aromatic heterocycles. The number of benzene rings is 1. The maximum absolute atomic E-state index is 11.6. The number of rotatable bonds is 2. The first-order valence-electron chi connectivity index (χ1n) is 6.12. The highest BCUT2D eigenvalue weighted by Crippen LogP contribution is 2.35. The highest BCUT2D eigenvalue weighted by Gasteiger charge is 2.22. The van der Waals surface area contributed by atoms with Crippen molar-refractivity contribution in [1.29, 1.82) is 0 Å². The average molecular weight is 253 g/mol. The normalized spacial score (nSPS) is 18.2. The Labute approximate surface area is 103 Å². The van der Waals surface area contributed by atoms with Gasteiger partial charge in [-0.25, -0.2) is 13.6 Å². The van der Waals surface area contributed by atoms with Gasteiger partial charge in [-0.1, -0.05) is 37.0 Å². The molecule has 0 spiro atoms. The van der Waals surface area contributed by atoms with Gasteiger partial charge in [-0.05, 0) is 37.3 Å². The standard InChI is InChI=1S/C13H19NO2S/c1-10-7-8-13(17(14,15)16)12(9-10)11-5-3-2-4-6-11/h7-9,11H,2-6H2,1H3,(H2,14,15,16). The molecule has 0 saturated heterocycles.